The lowest BCUT2D eigenvalue weighted by molar-refractivity contribution is -0.126. The predicted octanol–water partition coefficient (Wildman–Crippen LogP) is 3.65. The first-order chi connectivity index (χ1) is 14.4. The van der Waals surface area contributed by atoms with Crippen molar-refractivity contribution in [3.05, 3.63) is 65.0 Å². The van der Waals surface area contributed by atoms with Crippen molar-refractivity contribution in [2.75, 3.05) is 24.5 Å². The van der Waals surface area contributed by atoms with Crippen molar-refractivity contribution in [1.82, 2.24) is 10.2 Å². The summed E-state index contributed by atoms with van der Waals surface area (Å²) in [6.45, 7) is 9.64. The van der Waals surface area contributed by atoms with Crippen LogP contribution in [0.3, 0.4) is 0 Å². The van der Waals surface area contributed by atoms with E-state index in [0.717, 1.165) is 30.8 Å². The van der Waals surface area contributed by atoms with Crippen LogP contribution >= 0.6 is 0 Å². The molecule has 1 saturated heterocycles. The Bertz CT molecular complexity index is 894. The average Bonchev–Trinajstić information content (AvgIpc) is 3.12. The highest BCUT2D eigenvalue weighted by Crippen LogP contribution is 2.28. The standard InChI is InChI=1S/C24H30FN3O2/c1-4-27(5-2)15-19-9-7-18(8-10-19)14-26-24(30)20-13-23(29)28(16-20)22-11-6-17(3)12-21(22)25/h6-12,20H,4-5,13-16H2,1-3H3,(H,26,30). The van der Waals surface area contributed by atoms with Crippen LogP contribution in [0.5, 0.6) is 0 Å². The first-order valence-corrected chi connectivity index (χ1v) is 10.6. The molecule has 0 radical (unpaired) electrons. The molecule has 1 N–H and O–H groups in total. The topological polar surface area (TPSA) is 52.7 Å². The monoisotopic (exact) mass is 411 g/mol. The van der Waals surface area contributed by atoms with Gasteiger partial charge in [0.05, 0.1) is 11.6 Å². The van der Waals surface area contributed by atoms with Crippen molar-refractivity contribution in [2.24, 2.45) is 5.92 Å². The molecule has 2 amide bonds. The van der Waals surface area contributed by atoms with Crippen LogP contribution in [0.2, 0.25) is 0 Å². The van der Waals surface area contributed by atoms with Crippen LogP contribution in [0.25, 0.3) is 0 Å². The highest BCUT2D eigenvalue weighted by Gasteiger charge is 2.36. The number of amides is 2. The summed E-state index contributed by atoms with van der Waals surface area (Å²) in [5.41, 5.74) is 3.29. The van der Waals surface area contributed by atoms with Crippen molar-refractivity contribution in [3.63, 3.8) is 0 Å². The molecule has 1 heterocycles. The van der Waals surface area contributed by atoms with Gasteiger partial charge in [0.1, 0.15) is 5.82 Å². The van der Waals surface area contributed by atoms with E-state index in [4.69, 9.17) is 0 Å². The summed E-state index contributed by atoms with van der Waals surface area (Å²) in [4.78, 5) is 28.7. The SMILES string of the molecule is CCN(CC)Cc1ccc(CNC(=O)C2CC(=O)N(c3ccc(C)cc3F)C2)cc1. The normalized spacial score (nSPS) is 16.4. The Kier molecular flexibility index (Phi) is 7.21. The first kappa shape index (κ1) is 22.0. The Labute approximate surface area is 177 Å². The van der Waals surface area contributed by atoms with Gasteiger partial charge in [-0.15, -0.1) is 0 Å². The molecule has 30 heavy (non-hydrogen) atoms. The lowest BCUT2D eigenvalue weighted by Gasteiger charge is -2.18. The fourth-order valence-corrected chi connectivity index (χ4v) is 3.75. The molecule has 1 aliphatic rings. The minimum atomic E-state index is -0.472. The third-order valence-corrected chi connectivity index (χ3v) is 5.68. The summed E-state index contributed by atoms with van der Waals surface area (Å²) in [6, 6.07) is 13.0. The molecule has 6 heteroatoms. The molecule has 0 spiro atoms. The summed E-state index contributed by atoms with van der Waals surface area (Å²) >= 11 is 0. The number of carbonyl (C=O) groups is 2. The smallest absolute Gasteiger partial charge is 0.227 e. The predicted molar refractivity (Wildman–Crippen MR) is 117 cm³/mol. The summed E-state index contributed by atoms with van der Waals surface area (Å²) < 4.78 is 14.2. The zero-order valence-corrected chi connectivity index (χ0v) is 18.0. The van der Waals surface area contributed by atoms with Gasteiger partial charge in [0.15, 0.2) is 0 Å². The zero-order chi connectivity index (χ0) is 21.7. The van der Waals surface area contributed by atoms with Crippen LogP contribution < -0.4 is 10.2 Å². The highest BCUT2D eigenvalue weighted by atomic mass is 19.1. The van der Waals surface area contributed by atoms with Crippen LogP contribution in [0.4, 0.5) is 10.1 Å². The van der Waals surface area contributed by atoms with Crippen LogP contribution in [0.15, 0.2) is 42.5 Å². The third-order valence-electron chi connectivity index (χ3n) is 5.68. The van der Waals surface area contributed by atoms with Crippen molar-refractivity contribution < 1.29 is 14.0 Å². The molecule has 2 aromatic carbocycles. The third kappa shape index (κ3) is 5.25. The molecule has 5 nitrogen and oxygen atoms in total. The zero-order valence-electron chi connectivity index (χ0n) is 18.0. The Balaban J connectivity index is 1.54. The maximum absolute atomic E-state index is 14.2. The number of halogens is 1. The molecule has 0 saturated carbocycles. The number of carbonyl (C=O) groups excluding carboxylic acids is 2. The van der Waals surface area contributed by atoms with E-state index < -0.39 is 11.7 Å². The maximum Gasteiger partial charge on any atom is 0.227 e. The van der Waals surface area contributed by atoms with Crippen molar-refractivity contribution in [2.45, 2.75) is 40.3 Å². The summed E-state index contributed by atoms with van der Waals surface area (Å²) in [6.07, 6.45) is 0.0992. The molecule has 3 rings (SSSR count). The molecule has 1 atom stereocenters. The van der Waals surface area contributed by atoms with Gasteiger partial charge in [-0.2, -0.15) is 0 Å². The molecule has 2 aromatic rings. The molecule has 1 fully saturated rings. The minimum Gasteiger partial charge on any atom is -0.352 e. The highest BCUT2D eigenvalue weighted by molar-refractivity contribution is 6.00. The number of anilines is 1. The van der Waals surface area contributed by atoms with Gasteiger partial charge in [0.2, 0.25) is 11.8 Å². The second kappa shape index (κ2) is 9.85. The van der Waals surface area contributed by atoms with E-state index in [9.17, 15) is 14.0 Å². The molecule has 1 aliphatic heterocycles. The molecule has 0 aliphatic carbocycles. The fourth-order valence-electron chi connectivity index (χ4n) is 3.75. The van der Waals surface area contributed by atoms with Crippen molar-refractivity contribution in [3.8, 4) is 0 Å². The van der Waals surface area contributed by atoms with E-state index in [1.165, 1.54) is 16.5 Å². The number of hydrogen-bond donors (Lipinski definition) is 1. The quantitative estimate of drug-likeness (QED) is 0.722. The van der Waals surface area contributed by atoms with Gasteiger partial charge in [-0.05, 0) is 48.8 Å². The Hall–Kier alpha value is -2.73. The second-order valence-corrected chi connectivity index (χ2v) is 7.86. The van der Waals surface area contributed by atoms with Crippen LogP contribution in [-0.4, -0.2) is 36.3 Å². The molecular formula is C24H30FN3O2. The van der Waals surface area contributed by atoms with Gasteiger partial charge >= 0.3 is 0 Å². The van der Waals surface area contributed by atoms with Crippen LogP contribution in [-0.2, 0) is 22.7 Å². The average molecular weight is 412 g/mol. The lowest BCUT2D eigenvalue weighted by atomic mass is 10.1. The summed E-state index contributed by atoms with van der Waals surface area (Å²) in [7, 11) is 0. The minimum absolute atomic E-state index is 0.0992. The molecular weight excluding hydrogens is 381 g/mol. The van der Waals surface area contributed by atoms with Gasteiger partial charge in [-0.25, -0.2) is 4.39 Å². The van der Waals surface area contributed by atoms with E-state index in [1.807, 2.05) is 12.1 Å². The Morgan fingerprint density at radius 1 is 1.13 bits per heavy atom. The first-order valence-electron chi connectivity index (χ1n) is 10.6. The lowest BCUT2D eigenvalue weighted by Crippen LogP contribution is -2.32. The number of nitrogens with zero attached hydrogens (tertiary/aromatic N) is 2. The number of hydrogen-bond acceptors (Lipinski definition) is 3. The second-order valence-electron chi connectivity index (χ2n) is 7.86. The molecule has 0 bridgehead atoms. The van der Waals surface area contributed by atoms with E-state index in [0.29, 0.717) is 6.54 Å². The van der Waals surface area contributed by atoms with Gasteiger partial charge < -0.3 is 10.2 Å². The van der Waals surface area contributed by atoms with Gasteiger partial charge in [-0.3, -0.25) is 14.5 Å². The van der Waals surface area contributed by atoms with E-state index >= 15 is 0 Å². The van der Waals surface area contributed by atoms with Gasteiger partial charge in [-0.1, -0.05) is 44.2 Å². The maximum atomic E-state index is 14.2. The van der Waals surface area contributed by atoms with E-state index in [1.54, 1.807) is 19.1 Å². The van der Waals surface area contributed by atoms with Crippen LogP contribution in [0, 0.1) is 18.7 Å². The van der Waals surface area contributed by atoms with Crippen molar-refractivity contribution >= 4 is 17.5 Å². The largest absolute Gasteiger partial charge is 0.352 e. The van der Waals surface area contributed by atoms with Crippen molar-refractivity contribution in [1.29, 1.82) is 0 Å². The number of benzene rings is 2. The van der Waals surface area contributed by atoms with E-state index in [2.05, 4.69) is 36.2 Å². The van der Waals surface area contributed by atoms with Gasteiger partial charge in [0, 0.05) is 26.1 Å². The van der Waals surface area contributed by atoms with Crippen LogP contribution in [0.1, 0.15) is 37.0 Å². The number of nitrogens with one attached hydrogen (secondary N) is 1. The Morgan fingerprint density at radius 3 is 2.43 bits per heavy atom. The summed E-state index contributed by atoms with van der Waals surface area (Å²) in [5.74, 6) is -1.31. The van der Waals surface area contributed by atoms with E-state index in [-0.39, 0.29) is 30.5 Å². The number of aryl methyl sites for hydroxylation is 1. The molecule has 1 unspecified atom stereocenters. The Morgan fingerprint density at radius 2 is 1.80 bits per heavy atom. The molecule has 160 valence electrons. The van der Waals surface area contributed by atoms with Gasteiger partial charge in [0.25, 0.3) is 0 Å². The fraction of sp³-hybridized carbons (Fsp3) is 0.417. The summed E-state index contributed by atoms with van der Waals surface area (Å²) in [5, 5.41) is 2.92. The molecule has 0 aromatic heterocycles. The number of rotatable bonds is 8.